The lowest BCUT2D eigenvalue weighted by Crippen LogP contribution is -2.10. The molecule has 0 unspecified atom stereocenters. The first-order chi connectivity index (χ1) is 6.93. The van der Waals surface area contributed by atoms with E-state index in [1.54, 1.807) is 0 Å². The van der Waals surface area contributed by atoms with Gasteiger partial charge < -0.3 is 9.84 Å². The molecule has 0 aliphatic heterocycles. The summed E-state index contributed by atoms with van der Waals surface area (Å²) in [6.45, 7) is 7.38. The van der Waals surface area contributed by atoms with Gasteiger partial charge in [-0.25, -0.2) is 4.79 Å². The highest BCUT2D eigenvalue weighted by atomic mass is 16.5. The minimum atomic E-state index is -0.980. The maximum atomic E-state index is 10.4. The van der Waals surface area contributed by atoms with Crippen LogP contribution in [0.15, 0.2) is 0 Å². The molecule has 0 bridgehead atoms. The van der Waals surface area contributed by atoms with Crippen LogP contribution in [0.1, 0.15) is 31.3 Å². The number of rotatable bonds is 4. The average Bonchev–Trinajstić information content (AvgIpc) is 2.39. The fraction of sp³-hybridized carbons (Fsp3) is 0.600. The van der Waals surface area contributed by atoms with E-state index in [2.05, 4.69) is 5.10 Å². The molecular formula is C10H16N2O3. The van der Waals surface area contributed by atoms with Crippen molar-refractivity contribution in [2.75, 3.05) is 6.61 Å². The van der Waals surface area contributed by atoms with Crippen molar-refractivity contribution in [1.82, 2.24) is 9.78 Å². The molecule has 0 fully saturated rings. The highest BCUT2D eigenvalue weighted by Gasteiger charge is 2.15. The van der Waals surface area contributed by atoms with Gasteiger partial charge in [-0.05, 0) is 27.7 Å². The van der Waals surface area contributed by atoms with Crippen molar-refractivity contribution in [3.8, 4) is 5.75 Å². The maximum Gasteiger partial charge on any atom is 0.341 e. The van der Waals surface area contributed by atoms with E-state index in [1.807, 2.05) is 32.4 Å². The molecule has 0 radical (unpaired) electrons. The van der Waals surface area contributed by atoms with Crippen LogP contribution in [0.2, 0.25) is 0 Å². The van der Waals surface area contributed by atoms with Crippen molar-refractivity contribution in [2.24, 2.45) is 0 Å². The van der Waals surface area contributed by atoms with Crippen molar-refractivity contribution in [1.29, 1.82) is 0 Å². The van der Waals surface area contributed by atoms with E-state index in [0.29, 0.717) is 5.75 Å². The summed E-state index contributed by atoms with van der Waals surface area (Å²) < 4.78 is 7.00. The number of hydrogen-bond acceptors (Lipinski definition) is 3. The van der Waals surface area contributed by atoms with E-state index in [9.17, 15) is 4.79 Å². The number of hydrogen-bond donors (Lipinski definition) is 1. The Balaban J connectivity index is 2.92. The Hall–Kier alpha value is -1.52. The first kappa shape index (κ1) is 11.6. The summed E-state index contributed by atoms with van der Waals surface area (Å²) >= 11 is 0. The summed E-state index contributed by atoms with van der Waals surface area (Å²) in [5.41, 5.74) is 1.59. The summed E-state index contributed by atoms with van der Waals surface area (Å²) in [7, 11) is 0. The van der Waals surface area contributed by atoms with Gasteiger partial charge in [-0.2, -0.15) is 5.10 Å². The summed E-state index contributed by atoms with van der Waals surface area (Å²) in [5, 5.41) is 12.8. The number of ether oxygens (including phenoxy) is 1. The first-order valence-electron chi connectivity index (χ1n) is 4.83. The van der Waals surface area contributed by atoms with E-state index in [1.165, 1.54) is 0 Å². The average molecular weight is 212 g/mol. The normalized spacial score (nSPS) is 10.7. The number of carboxylic acids is 1. The van der Waals surface area contributed by atoms with Gasteiger partial charge in [0.05, 0.1) is 5.69 Å². The zero-order valence-electron chi connectivity index (χ0n) is 9.44. The molecular weight excluding hydrogens is 196 g/mol. The molecule has 0 atom stereocenters. The minimum Gasteiger partial charge on any atom is -0.479 e. The SMILES string of the molecule is Cc1nn(C(C)C)c(C)c1OCC(=O)O. The minimum absolute atomic E-state index is 0.242. The van der Waals surface area contributed by atoms with E-state index in [-0.39, 0.29) is 12.6 Å². The van der Waals surface area contributed by atoms with Crippen LogP contribution in [0.25, 0.3) is 0 Å². The van der Waals surface area contributed by atoms with Crippen LogP contribution in [0, 0.1) is 13.8 Å². The molecule has 15 heavy (non-hydrogen) atoms. The van der Waals surface area contributed by atoms with Crippen LogP contribution in [-0.2, 0) is 4.79 Å². The lowest BCUT2D eigenvalue weighted by molar-refractivity contribution is -0.139. The second kappa shape index (κ2) is 4.33. The number of aliphatic carboxylic acids is 1. The fourth-order valence-electron chi connectivity index (χ4n) is 1.49. The fourth-order valence-corrected chi connectivity index (χ4v) is 1.49. The zero-order valence-corrected chi connectivity index (χ0v) is 9.44. The molecule has 0 saturated heterocycles. The van der Waals surface area contributed by atoms with Gasteiger partial charge in [0.25, 0.3) is 0 Å². The Morgan fingerprint density at radius 3 is 2.53 bits per heavy atom. The quantitative estimate of drug-likeness (QED) is 0.822. The summed E-state index contributed by atoms with van der Waals surface area (Å²) in [6.07, 6.45) is 0. The zero-order chi connectivity index (χ0) is 11.6. The highest BCUT2D eigenvalue weighted by molar-refractivity contribution is 5.68. The van der Waals surface area contributed by atoms with Crippen LogP contribution in [0.4, 0.5) is 0 Å². The Bertz CT molecular complexity index is 369. The molecule has 1 aromatic rings. The van der Waals surface area contributed by atoms with Crippen LogP contribution in [0.5, 0.6) is 5.75 Å². The van der Waals surface area contributed by atoms with Gasteiger partial charge in [0.1, 0.15) is 5.69 Å². The monoisotopic (exact) mass is 212 g/mol. The largest absolute Gasteiger partial charge is 0.479 e. The topological polar surface area (TPSA) is 64.4 Å². The predicted molar refractivity (Wildman–Crippen MR) is 55.2 cm³/mol. The molecule has 1 N–H and O–H groups in total. The Morgan fingerprint density at radius 1 is 1.53 bits per heavy atom. The second-order valence-corrected chi connectivity index (χ2v) is 3.72. The van der Waals surface area contributed by atoms with Crippen molar-refractivity contribution < 1.29 is 14.6 Å². The third-order valence-corrected chi connectivity index (χ3v) is 2.09. The van der Waals surface area contributed by atoms with E-state index in [4.69, 9.17) is 9.84 Å². The molecule has 0 aliphatic rings. The molecule has 5 heteroatoms. The number of carboxylic acid groups (broad SMARTS) is 1. The van der Waals surface area contributed by atoms with E-state index in [0.717, 1.165) is 11.4 Å². The number of aryl methyl sites for hydroxylation is 1. The molecule has 1 aromatic heterocycles. The third kappa shape index (κ3) is 2.49. The van der Waals surface area contributed by atoms with Crippen LogP contribution < -0.4 is 4.74 Å². The summed E-state index contributed by atoms with van der Waals surface area (Å²) in [4.78, 5) is 10.4. The smallest absolute Gasteiger partial charge is 0.341 e. The highest BCUT2D eigenvalue weighted by Crippen LogP contribution is 2.24. The Labute approximate surface area is 88.7 Å². The lowest BCUT2D eigenvalue weighted by atomic mass is 10.3. The van der Waals surface area contributed by atoms with Crippen molar-refractivity contribution >= 4 is 5.97 Å². The van der Waals surface area contributed by atoms with E-state index < -0.39 is 5.97 Å². The first-order valence-corrected chi connectivity index (χ1v) is 4.83. The van der Waals surface area contributed by atoms with Crippen molar-refractivity contribution in [3.05, 3.63) is 11.4 Å². The molecule has 0 aliphatic carbocycles. The van der Waals surface area contributed by atoms with Gasteiger partial charge in [-0.15, -0.1) is 0 Å². The molecule has 0 amide bonds. The summed E-state index contributed by atoms with van der Waals surface area (Å²) in [5.74, 6) is -0.405. The lowest BCUT2D eigenvalue weighted by Gasteiger charge is -2.08. The van der Waals surface area contributed by atoms with Gasteiger partial charge in [0, 0.05) is 6.04 Å². The van der Waals surface area contributed by atoms with Crippen molar-refractivity contribution in [2.45, 2.75) is 33.7 Å². The van der Waals surface area contributed by atoms with Gasteiger partial charge in [0.2, 0.25) is 0 Å². The van der Waals surface area contributed by atoms with Crippen LogP contribution >= 0.6 is 0 Å². The third-order valence-electron chi connectivity index (χ3n) is 2.09. The van der Waals surface area contributed by atoms with Gasteiger partial charge >= 0.3 is 5.97 Å². The van der Waals surface area contributed by atoms with Gasteiger partial charge in [-0.1, -0.05) is 0 Å². The molecule has 1 heterocycles. The van der Waals surface area contributed by atoms with Crippen molar-refractivity contribution in [3.63, 3.8) is 0 Å². The van der Waals surface area contributed by atoms with Gasteiger partial charge in [-0.3, -0.25) is 4.68 Å². The molecule has 0 saturated carbocycles. The molecule has 0 aromatic carbocycles. The molecule has 84 valence electrons. The van der Waals surface area contributed by atoms with E-state index >= 15 is 0 Å². The Morgan fingerprint density at radius 2 is 2.13 bits per heavy atom. The standard InChI is InChI=1S/C10H16N2O3/c1-6(2)12-8(4)10(7(3)11-12)15-5-9(13)14/h6H,5H2,1-4H3,(H,13,14). The van der Waals surface area contributed by atoms with Gasteiger partial charge in [0.15, 0.2) is 12.4 Å². The number of carbonyl (C=O) groups is 1. The molecule has 1 rings (SSSR count). The predicted octanol–water partition coefficient (Wildman–Crippen LogP) is 1.54. The summed E-state index contributed by atoms with van der Waals surface area (Å²) in [6, 6.07) is 0.242. The van der Waals surface area contributed by atoms with Crippen LogP contribution in [0.3, 0.4) is 0 Å². The van der Waals surface area contributed by atoms with Crippen LogP contribution in [-0.4, -0.2) is 27.5 Å². The number of nitrogens with zero attached hydrogens (tertiary/aromatic N) is 2. The Kier molecular flexibility index (Phi) is 3.34. The second-order valence-electron chi connectivity index (χ2n) is 3.72. The maximum absolute atomic E-state index is 10.4. The molecule has 5 nitrogen and oxygen atoms in total. The number of aromatic nitrogens is 2. The molecule has 0 spiro atoms.